The van der Waals surface area contributed by atoms with E-state index in [0.29, 0.717) is 64.8 Å². The van der Waals surface area contributed by atoms with Gasteiger partial charge in [-0.25, -0.2) is 4.79 Å². The Morgan fingerprint density at radius 1 is 1.02 bits per heavy atom. The van der Waals surface area contributed by atoms with Crippen molar-refractivity contribution in [1.82, 2.24) is 15.1 Å². The summed E-state index contributed by atoms with van der Waals surface area (Å²) in [7, 11) is 6.82. The van der Waals surface area contributed by atoms with Crippen molar-refractivity contribution in [2.75, 3.05) is 54.1 Å². The van der Waals surface area contributed by atoms with Gasteiger partial charge in [0.15, 0.2) is 40.0 Å². The highest BCUT2D eigenvalue weighted by Gasteiger charge is 2.62. The number of likely N-dealkylation sites (N-methyl/N-ethyl adjacent to an activating group) is 1. The zero-order chi connectivity index (χ0) is 39.4. The number of benzene rings is 3. The first-order valence-corrected chi connectivity index (χ1v) is 19.8. The number of carbonyl (C=O) groups is 2. The van der Waals surface area contributed by atoms with Crippen molar-refractivity contribution in [3.63, 3.8) is 0 Å². The molecule has 4 bridgehead atoms. The average molecular weight is 785 g/mol. The van der Waals surface area contributed by atoms with Crippen LogP contribution in [0.2, 0.25) is 0 Å². The van der Waals surface area contributed by atoms with Crippen molar-refractivity contribution >= 4 is 23.7 Å². The molecule has 56 heavy (non-hydrogen) atoms. The smallest absolute Gasteiger partial charge is 0.331 e. The van der Waals surface area contributed by atoms with Crippen LogP contribution in [0.25, 0.3) is 0 Å². The van der Waals surface area contributed by atoms with Crippen molar-refractivity contribution < 1.29 is 47.9 Å². The molecule has 3 aromatic carbocycles. The molecule has 2 fully saturated rings. The van der Waals surface area contributed by atoms with Crippen molar-refractivity contribution in [1.29, 1.82) is 5.26 Å². The third-order valence-electron chi connectivity index (χ3n) is 12.6. The summed E-state index contributed by atoms with van der Waals surface area (Å²) < 4.78 is 42.7. The molecule has 1 spiro atoms. The van der Waals surface area contributed by atoms with Gasteiger partial charge in [0.1, 0.15) is 18.4 Å². The normalized spacial score (nSPS) is 28.6. The summed E-state index contributed by atoms with van der Waals surface area (Å²) in [6.45, 7) is 5.49. The van der Waals surface area contributed by atoms with Gasteiger partial charge in [-0.05, 0) is 68.1 Å². The molecular formula is C41H44N4O10S. The Morgan fingerprint density at radius 3 is 2.50 bits per heavy atom. The number of nitrogens with zero attached hydrogens (tertiary/aromatic N) is 3. The fourth-order valence-corrected chi connectivity index (χ4v) is 12.1. The number of aryl methyl sites for hydroxylation is 1. The molecule has 0 saturated carbocycles. The van der Waals surface area contributed by atoms with Crippen LogP contribution in [-0.4, -0.2) is 99.0 Å². The first kappa shape index (κ1) is 36.7. The highest BCUT2D eigenvalue weighted by Crippen LogP contribution is 2.64. The molecule has 7 aliphatic rings. The summed E-state index contributed by atoms with van der Waals surface area (Å²) in [6, 6.07) is 5.81. The van der Waals surface area contributed by atoms with E-state index in [0.717, 1.165) is 27.8 Å². The quantitative estimate of drug-likeness (QED) is 0.285. The van der Waals surface area contributed by atoms with Crippen LogP contribution in [0, 0.1) is 25.2 Å². The molecule has 0 aliphatic carbocycles. The zero-order valence-electron chi connectivity index (χ0n) is 32.3. The van der Waals surface area contributed by atoms with Crippen LogP contribution in [-0.2, 0) is 32.7 Å². The van der Waals surface area contributed by atoms with E-state index in [2.05, 4.69) is 34.3 Å². The third kappa shape index (κ3) is 4.98. The monoisotopic (exact) mass is 784 g/mol. The Kier molecular flexibility index (Phi) is 8.77. The topological polar surface area (TPSA) is 161 Å². The Hall–Kier alpha value is -4.88. The zero-order valence-corrected chi connectivity index (χ0v) is 33.1. The average Bonchev–Trinajstić information content (AvgIpc) is 3.67. The van der Waals surface area contributed by atoms with Gasteiger partial charge in [0.25, 0.3) is 0 Å². The van der Waals surface area contributed by atoms with Gasteiger partial charge in [0, 0.05) is 53.6 Å². The number of nitriles is 1. The van der Waals surface area contributed by atoms with E-state index in [9.17, 15) is 20.0 Å². The number of thioether (sulfide) groups is 1. The molecule has 10 rings (SSSR count). The summed E-state index contributed by atoms with van der Waals surface area (Å²) in [5.74, 6) is 2.01. The number of hydrogen-bond acceptors (Lipinski definition) is 15. The van der Waals surface area contributed by atoms with Crippen molar-refractivity contribution in [2.45, 2.75) is 74.6 Å². The molecule has 2 saturated heterocycles. The minimum atomic E-state index is -1.34. The van der Waals surface area contributed by atoms with E-state index in [4.69, 9.17) is 33.2 Å². The number of methoxy groups -OCH3 is 3. The number of nitrogens with one attached hydrogen (secondary N) is 1. The molecule has 7 aliphatic heterocycles. The van der Waals surface area contributed by atoms with E-state index >= 15 is 0 Å². The minimum absolute atomic E-state index is 0.0108. The molecule has 0 amide bonds. The number of aromatic hydroxyl groups is 1. The number of ether oxygens (including phenoxy) is 7. The number of piperazine rings is 1. The van der Waals surface area contributed by atoms with Gasteiger partial charge < -0.3 is 38.3 Å². The Morgan fingerprint density at radius 2 is 1.79 bits per heavy atom. The molecule has 0 aromatic heterocycles. The minimum Gasteiger partial charge on any atom is -0.504 e. The van der Waals surface area contributed by atoms with Crippen LogP contribution in [0.4, 0.5) is 0 Å². The highest BCUT2D eigenvalue weighted by molar-refractivity contribution is 7.99. The van der Waals surface area contributed by atoms with Crippen molar-refractivity contribution in [3.8, 4) is 46.3 Å². The molecular weight excluding hydrogens is 741 g/mol. The lowest BCUT2D eigenvalue weighted by molar-refractivity contribution is -0.157. The molecule has 294 valence electrons. The molecule has 0 radical (unpaired) electrons. The number of phenolic OH excluding ortho intramolecular Hbond substituents is 1. The predicted octanol–water partition coefficient (Wildman–Crippen LogP) is 4.29. The van der Waals surface area contributed by atoms with E-state index in [1.807, 2.05) is 13.8 Å². The Labute approximate surface area is 328 Å². The molecule has 3 aromatic rings. The van der Waals surface area contributed by atoms with Crippen LogP contribution >= 0.6 is 11.8 Å². The second-order valence-corrected chi connectivity index (χ2v) is 16.4. The van der Waals surface area contributed by atoms with Crippen LogP contribution in [0.5, 0.6) is 40.2 Å². The largest absolute Gasteiger partial charge is 0.504 e. The molecule has 7 heterocycles. The van der Waals surface area contributed by atoms with Gasteiger partial charge in [-0.15, -0.1) is 11.8 Å². The standard InChI is InChI=1S/C41H44N4O10S/c1-18-10-22-11-24-25(14-42)45-26-15-52-40(48)41(23-13-28(49-5)27(47)12-21(23)8-9-43-41)16-56-39(33(45)32(44(24)4)29(22)37(51-7)34(18)50-6)31-30(26)38-36(53-17-54-38)19(2)35(31)55-20(3)46/h10,12-13,24-26,32-33,39,43,47H,8-9,11,15-17H2,1-7H3/t24-,25+,26-,32-,33?,39-,41-/m1/s1. The maximum absolute atomic E-state index is 14.8. The number of esters is 2. The van der Waals surface area contributed by atoms with E-state index < -0.39 is 40.9 Å². The summed E-state index contributed by atoms with van der Waals surface area (Å²) >= 11 is 1.53. The maximum atomic E-state index is 14.8. The van der Waals surface area contributed by atoms with Gasteiger partial charge in [-0.3, -0.25) is 19.9 Å². The lowest BCUT2D eigenvalue weighted by Gasteiger charge is -2.62. The number of carbonyl (C=O) groups excluding carboxylic acids is 2. The third-order valence-corrected chi connectivity index (χ3v) is 14.1. The van der Waals surface area contributed by atoms with E-state index in [-0.39, 0.29) is 42.7 Å². The molecule has 14 nitrogen and oxygen atoms in total. The van der Waals surface area contributed by atoms with Crippen molar-refractivity contribution in [2.24, 2.45) is 0 Å². The van der Waals surface area contributed by atoms with Crippen LogP contribution in [0.1, 0.15) is 68.8 Å². The summed E-state index contributed by atoms with van der Waals surface area (Å²) in [6.07, 6.45) is 1.15. The number of phenols is 1. The lowest BCUT2D eigenvalue weighted by atomic mass is 9.71. The van der Waals surface area contributed by atoms with Gasteiger partial charge in [-0.1, -0.05) is 6.07 Å². The molecule has 1 unspecified atom stereocenters. The maximum Gasteiger partial charge on any atom is 0.331 e. The summed E-state index contributed by atoms with van der Waals surface area (Å²) in [4.78, 5) is 32.3. The summed E-state index contributed by atoms with van der Waals surface area (Å²) in [5.41, 5.74) is 5.13. The molecule has 15 heteroatoms. The highest BCUT2D eigenvalue weighted by atomic mass is 32.2. The molecule has 2 N–H and O–H groups in total. The fourth-order valence-electron chi connectivity index (χ4n) is 10.4. The number of hydrogen-bond donors (Lipinski definition) is 2. The first-order valence-electron chi connectivity index (χ1n) is 18.7. The number of rotatable bonds is 4. The second kappa shape index (κ2) is 13.4. The number of fused-ring (bicyclic) bond motifs is 9. The fraction of sp³-hybridized carbons (Fsp3) is 0.488. The predicted molar refractivity (Wildman–Crippen MR) is 203 cm³/mol. The van der Waals surface area contributed by atoms with Gasteiger partial charge in [-0.2, -0.15) is 5.26 Å². The molecule has 7 atom stereocenters. The van der Waals surface area contributed by atoms with Gasteiger partial charge >= 0.3 is 11.9 Å². The first-order chi connectivity index (χ1) is 27.0. The van der Waals surface area contributed by atoms with Gasteiger partial charge in [0.2, 0.25) is 6.79 Å². The second-order valence-electron chi connectivity index (χ2n) is 15.3. The van der Waals surface area contributed by atoms with Crippen LogP contribution in [0.3, 0.4) is 0 Å². The SMILES string of the molecule is COc1cc2c(cc1O)CCN[C@]21CS[C@@H]2c3c(OC(C)=O)c(C)c4c(c3[C@@H](COC1=O)N1C2[C@H]2c3c(cc(C)c(OC)c3OC)C[C@H]([C@@H]1C#N)N2C)OCO4. The van der Waals surface area contributed by atoms with Crippen LogP contribution < -0.4 is 33.7 Å². The lowest BCUT2D eigenvalue weighted by Crippen LogP contribution is -2.69. The Bertz CT molecular complexity index is 2240. The van der Waals surface area contributed by atoms with E-state index in [1.165, 1.54) is 25.8 Å². The summed E-state index contributed by atoms with van der Waals surface area (Å²) in [5, 5.41) is 25.0. The van der Waals surface area contributed by atoms with Gasteiger partial charge in [0.05, 0.1) is 44.7 Å². The van der Waals surface area contributed by atoms with Crippen LogP contribution in [0.15, 0.2) is 18.2 Å². The van der Waals surface area contributed by atoms with Crippen molar-refractivity contribution in [3.05, 3.63) is 62.7 Å². The Balaban J connectivity index is 1.34. The van der Waals surface area contributed by atoms with E-state index in [1.54, 1.807) is 26.4 Å².